The first-order valence-corrected chi connectivity index (χ1v) is 12.4. The van der Waals surface area contributed by atoms with Gasteiger partial charge in [-0.1, -0.05) is 24.4 Å². The zero-order valence-electron chi connectivity index (χ0n) is 20.1. The molecule has 3 saturated heterocycles. The molecule has 4 fully saturated rings. The van der Waals surface area contributed by atoms with Crippen LogP contribution in [0, 0.1) is 18.8 Å². The van der Waals surface area contributed by atoms with E-state index in [2.05, 4.69) is 10.5 Å². The maximum atomic E-state index is 13.6. The number of hydrogen-bond acceptors (Lipinski definition) is 7. The topological polar surface area (TPSA) is 115 Å². The summed E-state index contributed by atoms with van der Waals surface area (Å²) in [6.07, 6.45) is 9.07. The number of aryl methyl sites for hydroxylation is 1. The van der Waals surface area contributed by atoms with Crippen molar-refractivity contribution in [1.82, 2.24) is 5.16 Å². The van der Waals surface area contributed by atoms with E-state index in [1.165, 1.54) is 12.5 Å². The monoisotopic (exact) mass is 551 g/mol. The van der Waals surface area contributed by atoms with Crippen LogP contribution in [0.15, 0.2) is 33.6 Å². The van der Waals surface area contributed by atoms with Crippen molar-refractivity contribution in [2.75, 3.05) is 31.5 Å². The Morgan fingerprint density at radius 2 is 1.97 bits per heavy atom. The Morgan fingerprint density at radius 1 is 1.23 bits per heavy atom. The maximum Gasteiger partial charge on any atom is 0.343 e. The van der Waals surface area contributed by atoms with Crippen LogP contribution in [-0.2, 0) is 19.9 Å². The summed E-state index contributed by atoms with van der Waals surface area (Å²) in [6, 6.07) is 3.35. The van der Waals surface area contributed by atoms with Gasteiger partial charge in [-0.15, -0.1) is 0 Å². The number of piperidine rings is 3. The number of nitrogens with zero attached hydrogens (tertiary/aromatic N) is 2. The van der Waals surface area contributed by atoms with E-state index in [-0.39, 0.29) is 40.8 Å². The van der Waals surface area contributed by atoms with E-state index in [1.807, 2.05) is 0 Å². The molecule has 6 rings (SSSR count). The summed E-state index contributed by atoms with van der Waals surface area (Å²) in [4.78, 5) is 26.3. The quantitative estimate of drug-likeness (QED) is 0.371. The van der Waals surface area contributed by atoms with Gasteiger partial charge in [0.25, 0.3) is 5.91 Å². The van der Waals surface area contributed by atoms with Crippen LogP contribution in [-0.4, -0.2) is 58.9 Å². The number of furan rings is 1. The van der Waals surface area contributed by atoms with Crippen molar-refractivity contribution in [2.24, 2.45) is 11.8 Å². The fourth-order valence-electron chi connectivity index (χ4n) is 6.24. The Hall–Kier alpha value is -2.17. The van der Waals surface area contributed by atoms with Crippen LogP contribution in [0.4, 0.5) is 5.82 Å². The molecule has 1 amide bonds. The second-order valence-corrected chi connectivity index (χ2v) is 10.4. The number of rotatable bonds is 7. The van der Waals surface area contributed by atoms with Crippen molar-refractivity contribution >= 4 is 17.7 Å². The smallest absolute Gasteiger partial charge is 0.343 e. The van der Waals surface area contributed by atoms with Gasteiger partial charge in [0.1, 0.15) is 12.3 Å². The third-order valence-electron chi connectivity index (χ3n) is 8.14. The lowest BCUT2D eigenvalue weighted by Crippen LogP contribution is -3.00. The molecule has 192 valence electrons. The molecule has 0 radical (unpaired) electrons. The summed E-state index contributed by atoms with van der Waals surface area (Å²) >= 11 is 0. The third kappa shape index (κ3) is 5.20. The molecule has 1 unspecified atom stereocenters. The summed E-state index contributed by atoms with van der Waals surface area (Å²) in [6.45, 7) is 4.39. The van der Waals surface area contributed by atoms with Crippen molar-refractivity contribution in [1.29, 1.82) is 0 Å². The molecule has 0 aromatic carbocycles. The Bertz CT molecular complexity index is 1010. The fourth-order valence-corrected chi connectivity index (χ4v) is 6.24. The number of anilines is 1. The highest BCUT2D eigenvalue weighted by Crippen LogP contribution is 2.42. The van der Waals surface area contributed by atoms with Crippen molar-refractivity contribution in [2.45, 2.75) is 63.6 Å². The molecule has 2 atom stereocenters. The molecule has 10 heteroatoms. The van der Waals surface area contributed by atoms with Gasteiger partial charge < -0.3 is 45.6 Å². The van der Waals surface area contributed by atoms with Crippen LogP contribution in [0.2, 0.25) is 0 Å². The molecule has 5 heterocycles. The highest BCUT2D eigenvalue weighted by Gasteiger charge is 2.53. The number of fused-ring (bicyclic) bond motifs is 3. The van der Waals surface area contributed by atoms with Crippen LogP contribution in [0.5, 0.6) is 0 Å². The number of aromatic nitrogens is 1. The molecule has 2 aromatic rings. The van der Waals surface area contributed by atoms with E-state index in [9.17, 15) is 14.7 Å². The van der Waals surface area contributed by atoms with Gasteiger partial charge in [0.15, 0.2) is 24.1 Å². The van der Waals surface area contributed by atoms with Crippen LogP contribution in [0.3, 0.4) is 0 Å². The number of quaternary nitrogens is 1. The molecule has 3 aliphatic heterocycles. The first kappa shape index (κ1) is 25.9. The van der Waals surface area contributed by atoms with Gasteiger partial charge in [0, 0.05) is 36.3 Å². The number of amides is 1. The van der Waals surface area contributed by atoms with Gasteiger partial charge in [-0.2, -0.15) is 0 Å². The zero-order valence-corrected chi connectivity index (χ0v) is 21.7. The minimum absolute atomic E-state index is 0. The Labute approximate surface area is 215 Å². The Balaban J connectivity index is 0.00000289. The minimum Gasteiger partial charge on any atom is -1.00 e. The van der Waals surface area contributed by atoms with Crippen molar-refractivity contribution in [3.8, 4) is 0 Å². The summed E-state index contributed by atoms with van der Waals surface area (Å²) in [5, 5.41) is 18.4. The number of carbonyl (C=O) groups is 2. The normalized spacial score (nSPS) is 28.1. The largest absolute Gasteiger partial charge is 1.00 e. The highest BCUT2D eigenvalue weighted by molar-refractivity contribution is 5.90. The first-order chi connectivity index (χ1) is 16.4. The van der Waals surface area contributed by atoms with Gasteiger partial charge in [0.2, 0.25) is 0 Å². The lowest BCUT2D eigenvalue weighted by atomic mass is 9.74. The number of halogens is 1. The number of esters is 1. The lowest BCUT2D eigenvalue weighted by Gasteiger charge is -2.52. The molecule has 2 bridgehead atoms. The summed E-state index contributed by atoms with van der Waals surface area (Å²) in [5.41, 5.74) is -1.23. The van der Waals surface area contributed by atoms with E-state index >= 15 is 0 Å². The average molecular weight is 552 g/mol. The van der Waals surface area contributed by atoms with Gasteiger partial charge in [0.05, 0.1) is 25.6 Å². The van der Waals surface area contributed by atoms with E-state index < -0.39 is 11.6 Å². The zero-order chi connectivity index (χ0) is 23.8. The molecule has 2 N–H and O–H groups in total. The van der Waals surface area contributed by atoms with E-state index in [0.717, 1.165) is 58.0 Å². The molecular formula is C25H34BrN3O6. The molecule has 35 heavy (non-hydrogen) atoms. The first-order valence-electron chi connectivity index (χ1n) is 12.4. The molecule has 4 aliphatic rings. The van der Waals surface area contributed by atoms with Crippen LogP contribution in [0.25, 0.3) is 0 Å². The number of ether oxygens (including phenoxy) is 1. The molecular weight excluding hydrogens is 518 g/mol. The summed E-state index contributed by atoms with van der Waals surface area (Å²) in [7, 11) is 0. The van der Waals surface area contributed by atoms with E-state index in [4.69, 9.17) is 13.7 Å². The number of carbonyl (C=O) groups excluding carboxylic acids is 2. The summed E-state index contributed by atoms with van der Waals surface area (Å²) < 4.78 is 16.9. The van der Waals surface area contributed by atoms with Crippen molar-refractivity contribution < 1.29 is 49.8 Å². The number of nitrogens with one attached hydrogen (secondary N) is 1. The van der Waals surface area contributed by atoms with Gasteiger partial charge in [-0.25, -0.2) is 4.79 Å². The SMILES string of the molecule is Cc1cc(NC(=O)C[N+]23CCC(CC2)[C@@H](OC(=O)C(O)(c2ccoc2)C2CCCCC2)C3)no1.[Br-]. The summed E-state index contributed by atoms with van der Waals surface area (Å²) in [5.74, 6) is 0.401. The van der Waals surface area contributed by atoms with E-state index in [0.29, 0.717) is 34.7 Å². The van der Waals surface area contributed by atoms with Crippen molar-refractivity contribution in [3.05, 3.63) is 36.0 Å². The molecule has 9 nitrogen and oxygen atoms in total. The average Bonchev–Trinajstić information content (AvgIpc) is 3.52. The van der Waals surface area contributed by atoms with E-state index in [1.54, 1.807) is 19.1 Å². The fraction of sp³-hybridized carbons (Fsp3) is 0.640. The van der Waals surface area contributed by atoms with Crippen LogP contribution in [0.1, 0.15) is 56.3 Å². The molecule has 1 aliphatic carbocycles. The minimum atomic E-state index is -1.70. The Morgan fingerprint density at radius 3 is 2.60 bits per heavy atom. The van der Waals surface area contributed by atoms with Gasteiger partial charge >= 0.3 is 5.97 Å². The van der Waals surface area contributed by atoms with Crippen molar-refractivity contribution in [3.63, 3.8) is 0 Å². The lowest BCUT2D eigenvalue weighted by molar-refractivity contribution is -0.939. The molecule has 1 saturated carbocycles. The second-order valence-electron chi connectivity index (χ2n) is 10.4. The van der Waals surface area contributed by atoms with Gasteiger partial charge in [-0.3, -0.25) is 4.79 Å². The van der Waals surface area contributed by atoms with Crippen LogP contribution < -0.4 is 22.3 Å². The maximum absolute atomic E-state index is 13.6. The standard InChI is InChI=1S/C25H33N3O6.BrH/c1-17-13-22(27-34-17)26-23(29)15-28-10-7-18(8-11-28)21(14-28)33-24(30)25(31,20-9-12-32-16-20)19-5-3-2-4-6-19;/h9,12-13,16,18-19,21,31H,2-8,10-11,14-15H2,1H3;1H/t18?,21-,25?,28?;/m0./s1. The number of aliphatic hydroxyl groups is 1. The highest BCUT2D eigenvalue weighted by atomic mass is 79.9. The molecule has 2 aromatic heterocycles. The predicted octanol–water partition coefficient (Wildman–Crippen LogP) is 0.139. The molecule has 0 spiro atoms. The number of hydrogen-bond donors (Lipinski definition) is 2. The second kappa shape index (κ2) is 10.4. The van der Waals surface area contributed by atoms with Crippen LogP contribution >= 0.6 is 0 Å². The Kier molecular flexibility index (Phi) is 7.73. The van der Waals surface area contributed by atoms with Gasteiger partial charge in [-0.05, 0) is 25.8 Å². The predicted molar refractivity (Wildman–Crippen MR) is 121 cm³/mol. The third-order valence-corrected chi connectivity index (χ3v) is 8.14.